The van der Waals surface area contributed by atoms with Gasteiger partial charge in [-0.2, -0.15) is 0 Å². The first-order valence-electron chi connectivity index (χ1n) is 5.19. The van der Waals surface area contributed by atoms with E-state index < -0.39 is 0 Å². The maximum atomic E-state index is 11.9. The second-order valence-electron chi connectivity index (χ2n) is 3.52. The number of carbonyl (C=O) groups excluding carboxylic acids is 2. The molecule has 0 bridgehead atoms. The van der Waals surface area contributed by atoms with E-state index in [4.69, 9.17) is 5.73 Å². The maximum absolute atomic E-state index is 11.9. The van der Waals surface area contributed by atoms with Gasteiger partial charge in [0, 0.05) is 23.8 Å². The van der Waals surface area contributed by atoms with Crippen molar-refractivity contribution in [2.24, 2.45) is 5.73 Å². The molecule has 0 spiro atoms. The fourth-order valence-electron chi connectivity index (χ4n) is 1.43. The van der Waals surface area contributed by atoms with Crippen molar-refractivity contribution in [2.45, 2.75) is 0 Å². The molecule has 0 aromatic carbocycles. The van der Waals surface area contributed by atoms with Gasteiger partial charge in [0.15, 0.2) is 0 Å². The molecule has 1 fully saturated rings. The van der Waals surface area contributed by atoms with Crippen molar-refractivity contribution in [1.29, 1.82) is 0 Å². The van der Waals surface area contributed by atoms with E-state index in [1.807, 2.05) is 6.07 Å². The monoisotopic (exact) mass is 327 g/mol. The van der Waals surface area contributed by atoms with Crippen LogP contribution in [0, 0.1) is 0 Å². The molecule has 0 saturated carbocycles. The molecule has 1 saturated heterocycles. The molecular formula is C11H10BrN3O2S. The number of imide groups is 1. The van der Waals surface area contributed by atoms with Crippen molar-refractivity contribution in [3.63, 3.8) is 0 Å². The number of hydrogen-bond donors (Lipinski definition) is 1. The zero-order valence-electron chi connectivity index (χ0n) is 9.30. The molecule has 1 aliphatic rings. The van der Waals surface area contributed by atoms with Crippen molar-refractivity contribution in [3.05, 3.63) is 33.4 Å². The molecule has 0 radical (unpaired) electrons. The highest BCUT2D eigenvalue weighted by Gasteiger charge is 2.34. The lowest BCUT2D eigenvalue weighted by molar-refractivity contribution is -0.122. The molecule has 0 atom stereocenters. The van der Waals surface area contributed by atoms with Crippen LogP contribution in [0.2, 0.25) is 0 Å². The zero-order chi connectivity index (χ0) is 13.1. The zero-order valence-corrected chi connectivity index (χ0v) is 11.7. The van der Waals surface area contributed by atoms with Gasteiger partial charge in [0.1, 0.15) is 0 Å². The van der Waals surface area contributed by atoms with Crippen LogP contribution >= 0.6 is 27.7 Å². The van der Waals surface area contributed by atoms with Crippen LogP contribution in [0.1, 0.15) is 5.69 Å². The number of halogens is 1. The Morgan fingerprint density at radius 3 is 2.83 bits per heavy atom. The summed E-state index contributed by atoms with van der Waals surface area (Å²) in [6, 6.07) is 3.59. The Balaban J connectivity index is 2.22. The maximum Gasteiger partial charge on any atom is 0.293 e. The average molecular weight is 328 g/mol. The Hall–Kier alpha value is -1.18. The molecule has 2 amide bonds. The molecule has 18 heavy (non-hydrogen) atoms. The molecule has 1 aromatic heterocycles. The largest absolute Gasteiger partial charge is 0.329 e. The lowest BCUT2D eigenvalue weighted by atomic mass is 10.3. The first-order chi connectivity index (χ1) is 8.61. The molecule has 2 heterocycles. The SMILES string of the molecule is NCCN1C(=O)S/C(=C/c2ccc(Br)cn2)C1=O. The second kappa shape index (κ2) is 5.64. The minimum Gasteiger partial charge on any atom is -0.329 e. The number of rotatable bonds is 3. The van der Waals surface area contributed by atoms with E-state index in [1.54, 1.807) is 18.3 Å². The molecule has 2 N–H and O–H groups in total. The normalized spacial score (nSPS) is 17.9. The van der Waals surface area contributed by atoms with Crippen LogP contribution in [0.15, 0.2) is 27.7 Å². The molecule has 0 aliphatic carbocycles. The van der Waals surface area contributed by atoms with E-state index in [1.165, 1.54) is 0 Å². The van der Waals surface area contributed by atoms with E-state index in [0.29, 0.717) is 10.6 Å². The lowest BCUT2D eigenvalue weighted by Crippen LogP contribution is -2.33. The standard InChI is InChI=1S/C11H10BrN3O2S/c12-7-1-2-8(14-6-7)5-9-10(16)15(4-3-13)11(17)18-9/h1-2,5-6H,3-4,13H2/b9-5+. The van der Waals surface area contributed by atoms with Crippen molar-refractivity contribution in [2.75, 3.05) is 13.1 Å². The predicted molar refractivity (Wildman–Crippen MR) is 73.7 cm³/mol. The van der Waals surface area contributed by atoms with E-state index in [2.05, 4.69) is 20.9 Å². The minimum absolute atomic E-state index is 0.246. The summed E-state index contributed by atoms with van der Waals surface area (Å²) in [4.78, 5) is 29.1. The Kier molecular flexibility index (Phi) is 4.15. The van der Waals surface area contributed by atoms with Gasteiger partial charge < -0.3 is 5.73 Å². The molecule has 7 heteroatoms. The van der Waals surface area contributed by atoms with Gasteiger partial charge >= 0.3 is 0 Å². The number of hydrogen-bond acceptors (Lipinski definition) is 5. The molecule has 94 valence electrons. The van der Waals surface area contributed by atoms with E-state index >= 15 is 0 Å². The van der Waals surface area contributed by atoms with Gasteiger partial charge in [-0.15, -0.1) is 0 Å². The van der Waals surface area contributed by atoms with Gasteiger partial charge in [-0.3, -0.25) is 19.5 Å². The number of pyridine rings is 1. The number of nitrogens with zero attached hydrogens (tertiary/aromatic N) is 2. The van der Waals surface area contributed by atoms with E-state index in [0.717, 1.165) is 21.1 Å². The quantitative estimate of drug-likeness (QED) is 0.857. The van der Waals surface area contributed by atoms with Crippen molar-refractivity contribution in [1.82, 2.24) is 9.88 Å². The predicted octanol–water partition coefficient (Wildman–Crippen LogP) is 1.84. The van der Waals surface area contributed by atoms with Gasteiger partial charge in [-0.25, -0.2) is 0 Å². The summed E-state index contributed by atoms with van der Waals surface area (Å²) in [5.74, 6) is -0.305. The Bertz CT molecular complexity index is 516. The van der Waals surface area contributed by atoms with Crippen LogP contribution in [-0.2, 0) is 4.79 Å². The number of aromatic nitrogens is 1. The van der Waals surface area contributed by atoms with Gasteiger partial charge in [0.25, 0.3) is 11.1 Å². The molecule has 5 nitrogen and oxygen atoms in total. The molecule has 0 unspecified atom stereocenters. The number of carbonyl (C=O) groups is 2. The fourth-order valence-corrected chi connectivity index (χ4v) is 2.51. The smallest absolute Gasteiger partial charge is 0.293 e. The number of amides is 2. The Labute approximate surface area is 117 Å². The molecule has 1 aliphatic heterocycles. The molecular weight excluding hydrogens is 318 g/mol. The first-order valence-corrected chi connectivity index (χ1v) is 6.80. The third-order valence-electron chi connectivity index (χ3n) is 2.26. The van der Waals surface area contributed by atoms with Crippen LogP contribution in [0.5, 0.6) is 0 Å². The molecule has 2 rings (SSSR count). The highest BCUT2D eigenvalue weighted by Crippen LogP contribution is 2.31. The topological polar surface area (TPSA) is 76.3 Å². The molecule has 1 aromatic rings. The highest BCUT2D eigenvalue weighted by atomic mass is 79.9. The van der Waals surface area contributed by atoms with Crippen LogP contribution in [-0.4, -0.2) is 34.1 Å². The third-order valence-corrected chi connectivity index (χ3v) is 3.63. The van der Waals surface area contributed by atoms with E-state index in [9.17, 15) is 9.59 Å². The summed E-state index contributed by atoms with van der Waals surface area (Å²) < 4.78 is 0.857. The highest BCUT2D eigenvalue weighted by molar-refractivity contribution is 9.10. The summed E-state index contributed by atoms with van der Waals surface area (Å²) in [6.07, 6.45) is 3.24. The third kappa shape index (κ3) is 2.80. The summed E-state index contributed by atoms with van der Waals surface area (Å²) in [5.41, 5.74) is 5.99. The average Bonchev–Trinajstić information content (AvgIpc) is 2.60. The number of nitrogens with two attached hydrogens (primary N) is 1. The number of thioether (sulfide) groups is 1. The van der Waals surface area contributed by atoms with Crippen molar-refractivity contribution >= 4 is 44.9 Å². The summed E-state index contributed by atoms with van der Waals surface area (Å²) >= 11 is 4.19. The van der Waals surface area contributed by atoms with Gasteiger partial charge in [-0.05, 0) is 45.9 Å². The van der Waals surface area contributed by atoms with Crippen LogP contribution in [0.3, 0.4) is 0 Å². The Morgan fingerprint density at radius 1 is 1.44 bits per heavy atom. The van der Waals surface area contributed by atoms with Gasteiger partial charge in [0.2, 0.25) is 0 Å². The van der Waals surface area contributed by atoms with Gasteiger partial charge in [-0.1, -0.05) is 0 Å². The minimum atomic E-state index is -0.305. The van der Waals surface area contributed by atoms with Crippen molar-refractivity contribution < 1.29 is 9.59 Å². The summed E-state index contributed by atoms with van der Waals surface area (Å²) in [5, 5.41) is -0.284. The lowest BCUT2D eigenvalue weighted by Gasteiger charge is -2.09. The second-order valence-corrected chi connectivity index (χ2v) is 5.43. The fraction of sp³-hybridized carbons (Fsp3) is 0.182. The van der Waals surface area contributed by atoms with Crippen molar-refractivity contribution in [3.8, 4) is 0 Å². The van der Waals surface area contributed by atoms with E-state index in [-0.39, 0.29) is 24.2 Å². The summed E-state index contributed by atoms with van der Waals surface area (Å²) in [7, 11) is 0. The van der Waals surface area contributed by atoms with Gasteiger partial charge in [0.05, 0.1) is 10.6 Å². The Morgan fingerprint density at radius 2 is 2.22 bits per heavy atom. The first kappa shape index (κ1) is 13.3. The van der Waals surface area contributed by atoms with Crippen LogP contribution < -0.4 is 5.73 Å². The van der Waals surface area contributed by atoms with Crippen LogP contribution in [0.25, 0.3) is 6.08 Å². The van der Waals surface area contributed by atoms with Crippen LogP contribution in [0.4, 0.5) is 4.79 Å². The summed E-state index contributed by atoms with van der Waals surface area (Å²) in [6.45, 7) is 0.512.